The fraction of sp³-hybridized carbons (Fsp3) is 0.643. The predicted octanol–water partition coefficient (Wildman–Crippen LogP) is 3.52. The summed E-state index contributed by atoms with van der Waals surface area (Å²) in [6, 6.07) is 0. The maximum atomic E-state index is 12.1. The van der Waals surface area contributed by atoms with Crippen LogP contribution in [0.25, 0.3) is 0 Å². The molecular formula is C14H23NO2. The van der Waals surface area contributed by atoms with Gasteiger partial charge in [-0.1, -0.05) is 12.2 Å². The van der Waals surface area contributed by atoms with Gasteiger partial charge in [0.05, 0.1) is 5.54 Å². The highest BCUT2D eigenvalue weighted by Gasteiger charge is 2.42. The molecule has 0 saturated carbocycles. The van der Waals surface area contributed by atoms with Crippen molar-refractivity contribution in [3.63, 3.8) is 0 Å². The smallest absolute Gasteiger partial charge is 0.411 e. The third-order valence-corrected chi connectivity index (χ3v) is 3.02. The van der Waals surface area contributed by atoms with E-state index < -0.39 is 5.60 Å². The largest absolute Gasteiger partial charge is 0.444 e. The summed E-state index contributed by atoms with van der Waals surface area (Å²) in [5.74, 6) is 0. The molecule has 17 heavy (non-hydrogen) atoms. The van der Waals surface area contributed by atoms with Gasteiger partial charge in [-0.25, -0.2) is 4.79 Å². The molecule has 0 aromatic heterocycles. The first-order chi connectivity index (χ1) is 7.84. The molecule has 1 atom stereocenters. The zero-order chi connectivity index (χ0) is 13.1. The summed E-state index contributed by atoms with van der Waals surface area (Å²) in [5, 5.41) is 0. The standard InChI is InChI=1S/C14H23NO2/c1-6-9-14(7-2)10-8-11-15(14)12(16)17-13(3,4)5/h6-7H,1-2,8-11H2,3-5H3. The highest BCUT2D eigenvalue weighted by molar-refractivity contribution is 5.70. The Hall–Kier alpha value is -1.25. The monoisotopic (exact) mass is 237 g/mol. The SMILES string of the molecule is C=CCC1(C=C)CCCN1C(=O)OC(C)(C)C. The van der Waals surface area contributed by atoms with Gasteiger partial charge in [0.2, 0.25) is 0 Å². The van der Waals surface area contributed by atoms with E-state index >= 15 is 0 Å². The highest BCUT2D eigenvalue weighted by atomic mass is 16.6. The molecule has 1 rings (SSSR count). The maximum absolute atomic E-state index is 12.1. The zero-order valence-corrected chi connectivity index (χ0v) is 11.2. The molecule has 1 unspecified atom stereocenters. The van der Waals surface area contributed by atoms with Crippen LogP contribution in [0.1, 0.15) is 40.0 Å². The molecule has 0 aliphatic carbocycles. The molecule has 3 nitrogen and oxygen atoms in total. The lowest BCUT2D eigenvalue weighted by molar-refractivity contribution is 0.0151. The van der Waals surface area contributed by atoms with Gasteiger partial charge in [0.15, 0.2) is 0 Å². The Kier molecular flexibility index (Phi) is 4.02. The minimum absolute atomic E-state index is 0.253. The van der Waals surface area contributed by atoms with E-state index in [2.05, 4.69) is 13.2 Å². The lowest BCUT2D eigenvalue weighted by Crippen LogP contribution is -2.47. The summed E-state index contributed by atoms with van der Waals surface area (Å²) in [5.41, 5.74) is -0.759. The third kappa shape index (κ3) is 3.11. The number of hydrogen-bond donors (Lipinski definition) is 0. The van der Waals surface area contributed by atoms with Gasteiger partial charge in [-0.05, 0) is 40.0 Å². The van der Waals surface area contributed by atoms with E-state index in [1.807, 2.05) is 32.9 Å². The van der Waals surface area contributed by atoms with Crippen molar-refractivity contribution in [3.05, 3.63) is 25.3 Å². The molecule has 0 aromatic rings. The van der Waals surface area contributed by atoms with Crippen LogP contribution < -0.4 is 0 Å². The molecule has 1 amide bonds. The summed E-state index contributed by atoms with van der Waals surface area (Å²) in [7, 11) is 0. The van der Waals surface area contributed by atoms with Crippen LogP contribution in [0.15, 0.2) is 25.3 Å². The van der Waals surface area contributed by atoms with E-state index in [0.29, 0.717) is 0 Å². The second kappa shape index (κ2) is 4.94. The Labute approximate surface area is 104 Å². The van der Waals surface area contributed by atoms with Crippen molar-refractivity contribution >= 4 is 6.09 Å². The number of nitrogens with zero attached hydrogens (tertiary/aromatic N) is 1. The molecule has 1 fully saturated rings. The summed E-state index contributed by atoms with van der Waals surface area (Å²) in [6.45, 7) is 14.0. The van der Waals surface area contributed by atoms with Crippen molar-refractivity contribution in [3.8, 4) is 0 Å². The fourth-order valence-corrected chi connectivity index (χ4v) is 2.25. The minimum atomic E-state index is -0.458. The fourth-order valence-electron chi connectivity index (χ4n) is 2.25. The first-order valence-electron chi connectivity index (χ1n) is 6.10. The van der Waals surface area contributed by atoms with Gasteiger partial charge < -0.3 is 4.74 Å². The number of carbonyl (C=O) groups is 1. The average molecular weight is 237 g/mol. The first kappa shape index (κ1) is 13.8. The van der Waals surface area contributed by atoms with Crippen molar-refractivity contribution < 1.29 is 9.53 Å². The van der Waals surface area contributed by atoms with E-state index in [-0.39, 0.29) is 11.6 Å². The van der Waals surface area contributed by atoms with Gasteiger partial charge in [-0.15, -0.1) is 13.2 Å². The quantitative estimate of drug-likeness (QED) is 0.703. The highest BCUT2D eigenvalue weighted by Crippen LogP contribution is 2.35. The van der Waals surface area contributed by atoms with Crippen LogP contribution >= 0.6 is 0 Å². The Morgan fingerprint density at radius 1 is 1.47 bits per heavy atom. The van der Waals surface area contributed by atoms with Crippen LogP contribution in [0.4, 0.5) is 4.79 Å². The van der Waals surface area contributed by atoms with Gasteiger partial charge in [-0.3, -0.25) is 4.90 Å². The lowest BCUT2D eigenvalue weighted by Gasteiger charge is -2.36. The average Bonchev–Trinajstić information content (AvgIpc) is 2.60. The molecule has 0 bridgehead atoms. The van der Waals surface area contributed by atoms with Gasteiger partial charge in [-0.2, -0.15) is 0 Å². The summed E-state index contributed by atoms with van der Waals surface area (Å²) in [4.78, 5) is 13.9. The van der Waals surface area contributed by atoms with Crippen LogP contribution in [0.3, 0.4) is 0 Å². The van der Waals surface area contributed by atoms with Gasteiger partial charge in [0, 0.05) is 6.54 Å². The second-order valence-corrected chi connectivity index (χ2v) is 5.54. The van der Waals surface area contributed by atoms with Crippen LogP contribution in [-0.4, -0.2) is 28.7 Å². The second-order valence-electron chi connectivity index (χ2n) is 5.54. The minimum Gasteiger partial charge on any atom is -0.444 e. The maximum Gasteiger partial charge on any atom is 0.411 e. The van der Waals surface area contributed by atoms with E-state index in [4.69, 9.17) is 4.74 Å². The number of carbonyl (C=O) groups excluding carboxylic acids is 1. The Balaban J connectivity index is 2.84. The molecule has 0 spiro atoms. The van der Waals surface area contributed by atoms with Crippen molar-refractivity contribution in [2.75, 3.05) is 6.54 Å². The van der Waals surface area contributed by atoms with E-state index in [0.717, 1.165) is 25.8 Å². The topological polar surface area (TPSA) is 29.5 Å². The van der Waals surface area contributed by atoms with Crippen LogP contribution in [-0.2, 0) is 4.74 Å². The van der Waals surface area contributed by atoms with Crippen molar-refractivity contribution in [2.24, 2.45) is 0 Å². The summed E-state index contributed by atoms with van der Waals surface area (Å²) in [6.07, 6.45) is 6.09. The molecule has 0 N–H and O–H groups in total. The normalized spacial score (nSPS) is 24.5. The van der Waals surface area contributed by atoms with Crippen LogP contribution in [0.5, 0.6) is 0 Å². The van der Waals surface area contributed by atoms with Crippen molar-refractivity contribution in [2.45, 2.75) is 51.2 Å². The molecule has 0 aromatic carbocycles. The van der Waals surface area contributed by atoms with Crippen LogP contribution in [0, 0.1) is 0 Å². The van der Waals surface area contributed by atoms with E-state index in [9.17, 15) is 4.79 Å². The number of ether oxygens (including phenoxy) is 1. The lowest BCUT2D eigenvalue weighted by atomic mass is 9.92. The van der Waals surface area contributed by atoms with Crippen LogP contribution in [0.2, 0.25) is 0 Å². The number of likely N-dealkylation sites (tertiary alicyclic amines) is 1. The van der Waals surface area contributed by atoms with E-state index in [1.165, 1.54) is 0 Å². The molecule has 1 aliphatic heterocycles. The van der Waals surface area contributed by atoms with E-state index in [1.54, 1.807) is 4.90 Å². The summed E-state index contributed by atoms with van der Waals surface area (Å²) < 4.78 is 5.43. The molecular weight excluding hydrogens is 214 g/mol. The Morgan fingerprint density at radius 3 is 2.59 bits per heavy atom. The molecule has 1 aliphatic rings. The third-order valence-electron chi connectivity index (χ3n) is 3.02. The first-order valence-corrected chi connectivity index (χ1v) is 6.10. The van der Waals surface area contributed by atoms with Gasteiger partial charge >= 0.3 is 6.09 Å². The number of amides is 1. The molecule has 3 heteroatoms. The predicted molar refractivity (Wildman–Crippen MR) is 69.9 cm³/mol. The van der Waals surface area contributed by atoms with Gasteiger partial charge in [0.1, 0.15) is 5.60 Å². The summed E-state index contributed by atoms with van der Waals surface area (Å²) >= 11 is 0. The number of rotatable bonds is 3. The molecule has 1 heterocycles. The Bertz CT molecular complexity index is 317. The molecule has 1 saturated heterocycles. The number of hydrogen-bond acceptors (Lipinski definition) is 2. The van der Waals surface area contributed by atoms with Gasteiger partial charge in [0.25, 0.3) is 0 Å². The van der Waals surface area contributed by atoms with Crippen molar-refractivity contribution in [1.29, 1.82) is 0 Å². The van der Waals surface area contributed by atoms with Crippen molar-refractivity contribution in [1.82, 2.24) is 4.90 Å². The zero-order valence-electron chi connectivity index (χ0n) is 11.2. The Morgan fingerprint density at radius 2 is 2.12 bits per heavy atom. The molecule has 96 valence electrons. The molecule has 0 radical (unpaired) electrons.